The molecule has 0 aliphatic rings. The molecule has 2 rings (SSSR count). The van der Waals surface area contributed by atoms with Crippen LogP contribution in [-0.4, -0.2) is 13.0 Å². The van der Waals surface area contributed by atoms with Gasteiger partial charge in [0.05, 0.1) is 0 Å². The Morgan fingerprint density at radius 1 is 1.00 bits per heavy atom. The summed E-state index contributed by atoms with van der Waals surface area (Å²) in [5.74, 6) is 0. The van der Waals surface area contributed by atoms with Crippen LogP contribution in [0, 0.1) is 0 Å². The molecule has 0 aromatic heterocycles. The van der Waals surface area contributed by atoms with Crippen molar-refractivity contribution in [1.29, 1.82) is 0 Å². The second-order valence-corrected chi connectivity index (χ2v) is 9.07. The number of para-hydroxylation sites is 1. The zero-order valence-corrected chi connectivity index (χ0v) is 12.3. The standard InChI is InChI=1S/C13H12N.HO3S.Pd/c1-10-6-2-3-7-11(10)12-8-4-5-9-13(12)14;1-4(2)3;/h2-9H,1,14H2;(H,1,2,3);. The number of hydrogen-bond donors (Lipinski definition) is 2. The average Bonchev–Trinajstić information content (AvgIpc) is 2.37. The van der Waals surface area contributed by atoms with Gasteiger partial charge in [-0.15, -0.1) is 0 Å². The zero-order valence-electron chi connectivity index (χ0n) is 9.89. The van der Waals surface area contributed by atoms with E-state index in [1.165, 1.54) is 0 Å². The van der Waals surface area contributed by atoms with Crippen molar-refractivity contribution in [2.24, 2.45) is 0 Å². The molecule has 0 heterocycles. The van der Waals surface area contributed by atoms with Crippen LogP contribution in [0.1, 0.15) is 5.56 Å². The van der Waals surface area contributed by atoms with Gasteiger partial charge in [-0.05, 0) is 0 Å². The molecular weight excluding hydrogens is 357 g/mol. The molecule has 2 aromatic rings. The van der Waals surface area contributed by atoms with Gasteiger partial charge in [-0.3, -0.25) is 0 Å². The van der Waals surface area contributed by atoms with E-state index >= 15 is 0 Å². The van der Waals surface area contributed by atoms with E-state index in [0.717, 1.165) is 16.7 Å². The summed E-state index contributed by atoms with van der Waals surface area (Å²) < 4.78 is 30.6. The first-order valence-electron chi connectivity index (χ1n) is 5.42. The van der Waals surface area contributed by atoms with Crippen molar-refractivity contribution in [3.63, 3.8) is 0 Å². The van der Waals surface area contributed by atoms with Gasteiger partial charge in [-0.1, -0.05) is 0 Å². The molecule has 0 atom stereocenters. The maximum absolute atomic E-state index is 10.9. The summed E-state index contributed by atoms with van der Waals surface area (Å²) in [6.07, 6.45) is 0. The van der Waals surface area contributed by atoms with Crippen LogP contribution in [0.3, 0.4) is 0 Å². The van der Waals surface area contributed by atoms with Crippen molar-refractivity contribution in [3.8, 4) is 11.1 Å². The zero-order chi connectivity index (χ0) is 13.9. The Labute approximate surface area is 119 Å². The molecule has 0 amide bonds. The first kappa shape index (κ1) is 14.2. The minimum atomic E-state index is -3.91. The maximum atomic E-state index is 10.9. The topological polar surface area (TPSA) is 80.4 Å². The van der Waals surface area contributed by atoms with Crippen molar-refractivity contribution in [2.45, 2.75) is 4.89 Å². The van der Waals surface area contributed by atoms with Gasteiger partial charge >= 0.3 is 119 Å². The van der Waals surface area contributed by atoms with Crippen molar-refractivity contribution in [3.05, 3.63) is 54.1 Å². The Kier molecular flexibility index (Phi) is 4.38. The van der Waals surface area contributed by atoms with E-state index in [0.29, 0.717) is 10.6 Å². The fourth-order valence-corrected chi connectivity index (χ4v) is 4.00. The minimum absolute atomic E-state index is 0.303. The number of nitrogens with two attached hydrogens (primary N) is 1. The Bertz CT molecular complexity index is 686. The fourth-order valence-electron chi connectivity index (χ4n) is 1.73. The Morgan fingerprint density at radius 3 is 2.21 bits per heavy atom. The summed E-state index contributed by atoms with van der Waals surface area (Å²) >= 11 is -0.765. The first-order valence-corrected chi connectivity index (χ1v) is 9.71. The number of anilines is 1. The van der Waals surface area contributed by atoms with E-state index in [4.69, 9.17) is 10.3 Å². The quantitative estimate of drug-likeness (QED) is 0.492. The summed E-state index contributed by atoms with van der Waals surface area (Å²) in [5.41, 5.74) is 9.24. The Hall–Kier alpha value is -1.19. The fraction of sp³-hybridized carbons (Fsp3) is 0.0769. The molecule has 0 saturated heterocycles. The van der Waals surface area contributed by atoms with Crippen molar-refractivity contribution >= 4 is 13.6 Å². The third-order valence-electron chi connectivity index (χ3n) is 2.55. The first-order chi connectivity index (χ1) is 8.97. The molecule has 0 radical (unpaired) electrons. The molecule has 0 saturated carbocycles. The third-order valence-corrected chi connectivity index (χ3v) is 5.84. The van der Waals surface area contributed by atoms with Crippen LogP contribution in [-0.2, 0) is 29.6 Å². The van der Waals surface area contributed by atoms with Crippen LogP contribution in [0.5, 0.6) is 0 Å². The van der Waals surface area contributed by atoms with E-state index in [1.54, 1.807) is 6.07 Å². The second-order valence-electron chi connectivity index (χ2n) is 3.83. The molecule has 0 aliphatic heterocycles. The van der Waals surface area contributed by atoms with Gasteiger partial charge in [0.2, 0.25) is 0 Å². The van der Waals surface area contributed by atoms with Crippen molar-refractivity contribution in [2.75, 3.05) is 5.73 Å². The number of benzene rings is 2. The van der Waals surface area contributed by atoms with E-state index in [1.807, 2.05) is 42.5 Å². The number of rotatable bonds is 4. The summed E-state index contributed by atoms with van der Waals surface area (Å²) in [5, 5.41) is 0. The predicted molar refractivity (Wildman–Crippen MR) is 71.5 cm³/mol. The van der Waals surface area contributed by atoms with Crippen LogP contribution in [0.2, 0.25) is 0 Å². The number of hydrogen-bond acceptors (Lipinski definition) is 3. The molecule has 0 bridgehead atoms. The normalized spacial score (nSPS) is 11.6. The van der Waals surface area contributed by atoms with Crippen molar-refractivity contribution in [1.82, 2.24) is 0 Å². The summed E-state index contributed by atoms with van der Waals surface area (Å²) in [6.45, 7) is 0. The molecular formula is C13H13NO3PdS. The average molecular weight is 370 g/mol. The molecule has 104 valence electrons. The van der Waals surface area contributed by atoms with E-state index in [2.05, 4.69) is 0 Å². The van der Waals surface area contributed by atoms with E-state index in [9.17, 15) is 8.42 Å². The summed E-state index contributed by atoms with van der Waals surface area (Å²) in [6, 6.07) is 14.9. The van der Waals surface area contributed by atoms with Gasteiger partial charge in [-0.2, -0.15) is 0 Å². The van der Waals surface area contributed by atoms with Gasteiger partial charge in [-0.25, -0.2) is 0 Å². The third kappa shape index (κ3) is 3.89. The molecule has 0 unspecified atom stereocenters. The SMILES string of the molecule is Nc1ccccc1-c1ccccc1[CH2][Pd][S](=O)(=O)O. The summed E-state index contributed by atoms with van der Waals surface area (Å²) in [4.78, 5) is 0.303. The molecule has 19 heavy (non-hydrogen) atoms. The van der Waals surface area contributed by atoms with Gasteiger partial charge in [0.15, 0.2) is 0 Å². The second kappa shape index (κ2) is 5.85. The van der Waals surface area contributed by atoms with Gasteiger partial charge in [0, 0.05) is 0 Å². The van der Waals surface area contributed by atoms with Crippen LogP contribution in [0.15, 0.2) is 48.5 Å². The monoisotopic (exact) mass is 369 g/mol. The van der Waals surface area contributed by atoms with Crippen LogP contribution in [0.25, 0.3) is 11.1 Å². The molecule has 4 nitrogen and oxygen atoms in total. The molecule has 3 N–H and O–H groups in total. The molecule has 6 heteroatoms. The molecule has 0 spiro atoms. The Morgan fingerprint density at radius 2 is 1.58 bits per heavy atom. The van der Waals surface area contributed by atoms with E-state index in [-0.39, 0.29) is 0 Å². The van der Waals surface area contributed by atoms with E-state index < -0.39 is 24.7 Å². The van der Waals surface area contributed by atoms with Gasteiger partial charge in [0.1, 0.15) is 0 Å². The molecule has 2 aromatic carbocycles. The van der Waals surface area contributed by atoms with Crippen molar-refractivity contribution < 1.29 is 29.7 Å². The predicted octanol–water partition coefficient (Wildman–Crippen LogP) is 2.32. The van der Waals surface area contributed by atoms with Gasteiger partial charge < -0.3 is 0 Å². The molecule has 0 aliphatic carbocycles. The Balaban J connectivity index is 2.39. The molecule has 0 fully saturated rings. The van der Waals surface area contributed by atoms with Crippen LogP contribution < -0.4 is 5.73 Å². The van der Waals surface area contributed by atoms with Crippen LogP contribution in [0.4, 0.5) is 5.69 Å². The summed E-state index contributed by atoms with van der Waals surface area (Å²) in [7, 11) is -3.91. The van der Waals surface area contributed by atoms with Crippen LogP contribution >= 0.6 is 0 Å². The van der Waals surface area contributed by atoms with Gasteiger partial charge in [0.25, 0.3) is 0 Å². The number of nitrogen functional groups attached to an aromatic ring is 1.